The van der Waals surface area contributed by atoms with Gasteiger partial charge in [0, 0.05) is 16.4 Å². The molecule has 0 atom stereocenters. The molecule has 1 heterocycles. The Labute approximate surface area is 144 Å². The van der Waals surface area contributed by atoms with E-state index in [4.69, 9.17) is 16.3 Å². The molecule has 2 aromatic rings. The minimum atomic E-state index is -0.923. The van der Waals surface area contributed by atoms with Crippen molar-refractivity contribution in [3.05, 3.63) is 47.5 Å². The van der Waals surface area contributed by atoms with Crippen LogP contribution >= 0.6 is 11.6 Å². The number of rotatable bonds is 2. The summed E-state index contributed by atoms with van der Waals surface area (Å²) < 4.78 is 5.65. The molecule has 0 saturated heterocycles. The first-order valence-electron chi connectivity index (χ1n) is 7.31. The van der Waals surface area contributed by atoms with Crippen molar-refractivity contribution < 1.29 is 14.3 Å². The third-order valence-electron chi connectivity index (χ3n) is 3.50. The number of ether oxygens (including phenoxy) is 1. The first-order valence-corrected chi connectivity index (χ1v) is 7.69. The Hall–Kier alpha value is -2.73. The van der Waals surface area contributed by atoms with Crippen molar-refractivity contribution in [1.82, 2.24) is 0 Å². The summed E-state index contributed by atoms with van der Waals surface area (Å²) in [4.78, 5) is 24.0. The van der Waals surface area contributed by atoms with Gasteiger partial charge in [0.2, 0.25) is 0 Å². The molecular formula is C17H16ClN3O3. The molecule has 0 aromatic heterocycles. The molecule has 1 aliphatic rings. The average molecular weight is 346 g/mol. The largest absolute Gasteiger partial charge is 0.476 e. The van der Waals surface area contributed by atoms with Gasteiger partial charge in [0.05, 0.1) is 5.69 Å². The lowest BCUT2D eigenvalue weighted by Gasteiger charge is -2.31. The van der Waals surface area contributed by atoms with Crippen LogP contribution in [-0.2, 0) is 4.79 Å². The molecule has 3 N–H and O–H groups in total. The maximum Gasteiger partial charge on any atom is 0.323 e. The van der Waals surface area contributed by atoms with Gasteiger partial charge in [-0.15, -0.1) is 0 Å². The topological polar surface area (TPSA) is 79.5 Å². The molecule has 7 heteroatoms. The fourth-order valence-corrected chi connectivity index (χ4v) is 2.34. The Morgan fingerprint density at radius 3 is 2.42 bits per heavy atom. The fraction of sp³-hybridized carbons (Fsp3) is 0.176. The predicted molar refractivity (Wildman–Crippen MR) is 93.9 cm³/mol. The number of benzene rings is 2. The molecule has 0 bridgehead atoms. The molecule has 0 spiro atoms. The van der Waals surface area contributed by atoms with E-state index in [0.717, 1.165) is 0 Å². The summed E-state index contributed by atoms with van der Waals surface area (Å²) in [5, 5.41) is 8.75. The van der Waals surface area contributed by atoms with Gasteiger partial charge in [-0.1, -0.05) is 11.6 Å². The number of urea groups is 1. The van der Waals surface area contributed by atoms with E-state index in [1.807, 2.05) is 0 Å². The van der Waals surface area contributed by atoms with Gasteiger partial charge in [-0.05, 0) is 56.3 Å². The fourth-order valence-electron chi connectivity index (χ4n) is 2.22. The number of nitrogens with one attached hydrogen (secondary N) is 3. The van der Waals surface area contributed by atoms with E-state index in [9.17, 15) is 9.59 Å². The van der Waals surface area contributed by atoms with Crippen LogP contribution in [-0.4, -0.2) is 17.5 Å². The number of hydrogen-bond donors (Lipinski definition) is 3. The second-order valence-electron chi connectivity index (χ2n) is 5.86. The SMILES string of the molecule is CC1(C)Oc2ccc(NC(=O)Nc3ccc(Cl)cc3)cc2NC1=O. The molecule has 0 saturated carbocycles. The van der Waals surface area contributed by atoms with Crippen molar-refractivity contribution in [2.45, 2.75) is 19.4 Å². The van der Waals surface area contributed by atoms with Crippen molar-refractivity contribution >= 4 is 40.6 Å². The van der Waals surface area contributed by atoms with Gasteiger partial charge in [0.25, 0.3) is 5.91 Å². The standard InChI is InChI=1S/C17H16ClN3O3/c1-17(2)15(22)21-13-9-12(7-8-14(13)24-17)20-16(23)19-11-5-3-10(18)4-6-11/h3-9H,1-2H3,(H,21,22)(H2,19,20,23). The van der Waals surface area contributed by atoms with Gasteiger partial charge in [0.1, 0.15) is 5.75 Å². The Morgan fingerprint density at radius 1 is 1.08 bits per heavy atom. The van der Waals surface area contributed by atoms with E-state index in [-0.39, 0.29) is 5.91 Å². The van der Waals surface area contributed by atoms with E-state index in [0.29, 0.717) is 27.8 Å². The van der Waals surface area contributed by atoms with Crippen LogP contribution in [0.3, 0.4) is 0 Å². The predicted octanol–water partition coefficient (Wildman–Crippen LogP) is 4.09. The van der Waals surface area contributed by atoms with Crippen molar-refractivity contribution in [2.75, 3.05) is 16.0 Å². The highest BCUT2D eigenvalue weighted by molar-refractivity contribution is 6.30. The summed E-state index contributed by atoms with van der Waals surface area (Å²) in [6.07, 6.45) is 0. The van der Waals surface area contributed by atoms with Crippen LogP contribution in [0.15, 0.2) is 42.5 Å². The van der Waals surface area contributed by atoms with Crippen LogP contribution in [0.4, 0.5) is 21.9 Å². The molecule has 6 nitrogen and oxygen atoms in total. The highest BCUT2D eigenvalue weighted by Crippen LogP contribution is 2.35. The zero-order valence-electron chi connectivity index (χ0n) is 13.1. The van der Waals surface area contributed by atoms with Crippen molar-refractivity contribution in [2.24, 2.45) is 0 Å². The van der Waals surface area contributed by atoms with Crippen LogP contribution in [0.2, 0.25) is 5.02 Å². The molecule has 24 heavy (non-hydrogen) atoms. The average Bonchev–Trinajstić information content (AvgIpc) is 2.51. The lowest BCUT2D eigenvalue weighted by Crippen LogP contribution is -2.45. The van der Waals surface area contributed by atoms with E-state index in [1.165, 1.54) is 0 Å². The minimum Gasteiger partial charge on any atom is -0.476 e. The maximum absolute atomic E-state index is 12.0. The lowest BCUT2D eigenvalue weighted by molar-refractivity contribution is -0.129. The lowest BCUT2D eigenvalue weighted by atomic mass is 10.1. The summed E-state index contributed by atoms with van der Waals surface area (Å²) in [5.74, 6) is 0.320. The van der Waals surface area contributed by atoms with E-state index in [1.54, 1.807) is 56.3 Å². The number of hydrogen-bond acceptors (Lipinski definition) is 3. The van der Waals surface area contributed by atoms with E-state index >= 15 is 0 Å². The van der Waals surface area contributed by atoms with E-state index in [2.05, 4.69) is 16.0 Å². The summed E-state index contributed by atoms with van der Waals surface area (Å²) in [7, 11) is 0. The van der Waals surface area contributed by atoms with Gasteiger partial charge < -0.3 is 20.7 Å². The quantitative estimate of drug-likeness (QED) is 0.766. The van der Waals surface area contributed by atoms with Crippen LogP contribution in [0.5, 0.6) is 5.75 Å². The molecule has 1 aliphatic heterocycles. The molecule has 3 rings (SSSR count). The first kappa shape index (κ1) is 16.1. The van der Waals surface area contributed by atoms with Crippen LogP contribution in [0.25, 0.3) is 0 Å². The van der Waals surface area contributed by atoms with Crippen molar-refractivity contribution in [1.29, 1.82) is 0 Å². The Bertz CT molecular complexity index is 803. The minimum absolute atomic E-state index is 0.238. The second kappa shape index (κ2) is 6.05. The molecular weight excluding hydrogens is 330 g/mol. The van der Waals surface area contributed by atoms with Crippen LogP contribution in [0, 0.1) is 0 Å². The second-order valence-corrected chi connectivity index (χ2v) is 6.30. The summed E-state index contributed by atoms with van der Waals surface area (Å²) in [6, 6.07) is 11.4. The van der Waals surface area contributed by atoms with Gasteiger partial charge in [0.15, 0.2) is 5.60 Å². The summed E-state index contributed by atoms with van der Waals surface area (Å²) >= 11 is 5.80. The van der Waals surface area contributed by atoms with Crippen molar-refractivity contribution in [3.63, 3.8) is 0 Å². The molecule has 2 aromatic carbocycles. The van der Waals surface area contributed by atoms with E-state index < -0.39 is 11.6 Å². The van der Waals surface area contributed by atoms with Gasteiger partial charge in [-0.25, -0.2) is 4.79 Å². The highest BCUT2D eigenvalue weighted by Gasteiger charge is 2.35. The van der Waals surface area contributed by atoms with Crippen LogP contribution < -0.4 is 20.7 Å². The molecule has 3 amide bonds. The molecule has 0 aliphatic carbocycles. The maximum atomic E-state index is 12.0. The Balaban J connectivity index is 1.70. The van der Waals surface area contributed by atoms with Gasteiger partial charge >= 0.3 is 6.03 Å². The Kier molecular flexibility index (Phi) is 4.07. The highest BCUT2D eigenvalue weighted by atomic mass is 35.5. The zero-order chi connectivity index (χ0) is 17.3. The van der Waals surface area contributed by atoms with Crippen molar-refractivity contribution in [3.8, 4) is 5.75 Å². The van der Waals surface area contributed by atoms with Gasteiger partial charge in [-0.3, -0.25) is 4.79 Å². The zero-order valence-corrected chi connectivity index (χ0v) is 13.9. The molecule has 0 fully saturated rings. The first-order chi connectivity index (χ1) is 11.3. The Morgan fingerprint density at radius 2 is 1.71 bits per heavy atom. The third kappa shape index (κ3) is 3.44. The molecule has 0 unspecified atom stereocenters. The number of carbonyl (C=O) groups is 2. The summed E-state index contributed by atoms with van der Waals surface area (Å²) in [6.45, 7) is 3.38. The number of amides is 3. The number of anilines is 3. The smallest absolute Gasteiger partial charge is 0.323 e. The summed E-state index contributed by atoms with van der Waals surface area (Å²) in [5.41, 5.74) is 0.745. The number of fused-ring (bicyclic) bond motifs is 1. The van der Waals surface area contributed by atoms with Crippen LogP contribution in [0.1, 0.15) is 13.8 Å². The molecule has 124 valence electrons. The number of carbonyl (C=O) groups excluding carboxylic acids is 2. The monoisotopic (exact) mass is 345 g/mol. The van der Waals surface area contributed by atoms with Gasteiger partial charge in [-0.2, -0.15) is 0 Å². The normalized spacial score (nSPS) is 14.9. The third-order valence-corrected chi connectivity index (χ3v) is 3.75. The molecule has 0 radical (unpaired) electrons. The number of halogens is 1.